The van der Waals surface area contributed by atoms with E-state index in [1.807, 2.05) is 121 Å². The van der Waals surface area contributed by atoms with E-state index in [9.17, 15) is 19.2 Å². The van der Waals surface area contributed by atoms with E-state index in [2.05, 4.69) is 21.3 Å². The number of anilines is 4. The molecule has 4 N–H and O–H groups in total. The Kier molecular flexibility index (Phi) is 17.9. The van der Waals surface area contributed by atoms with Crippen molar-refractivity contribution in [2.24, 2.45) is 23.7 Å². The fraction of sp³-hybridized carbons (Fsp3) is 0.333. The van der Waals surface area contributed by atoms with Gasteiger partial charge >= 0.3 is 16.8 Å². The van der Waals surface area contributed by atoms with E-state index in [0.717, 1.165) is 103 Å². The Morgan fingerprint density at radius 1 is 0.337 bits per heavy atom. The molecule has 4 amide bonds. The van der Waals surface area contributed by atoms with Crippen LogP contribution in [0.2, 0.25) is 0 Å². The minimum atomic E-state index is -0.173. The second-order valence-corrected chi connectivity index (χ2v) is 23.8. The summed E-state index contributed by atoms with van der Waals surface area (Å²) in [6, 6.07) is 30.2. The number of hydrogen-bond acceptors (Lipinski definition) is 10. The molecular formula is C72H72CoN8O8. The van der Waals surface area contributed by atoms with E-state index >= 15 is 0 Å². The minimum Gasteiger partial charge on any atom is -0.657 e. The molecule has 4 saturated carbocycles. The Bertz CT molecular complexity index is 3740. The maximum Gasteiger partial charge on any atom is 2.00 e. The number of fused-ring (bicyclic) bond motifs is 8. The summed E-state index contributed by atoms with van der Waals surface area (Å²) in [5, 5.41) is 13.4. The first kappa shape index (κ1) is 60.4. The number of methoxy groups -OCH3 is 4. The molecule has 8 bridgehead atoms. The van der Waals surface area contributed by atoms with Gasteiger partial charge in [0, 0.05) is 45.9 Å². The summed E-state index contributed by atoms with van der Waals surface area (Å²) in [4.78, 5) is 80.2. The molecule has 0 spiro atoms. The van der Waals surface area contributed by atoms with Crippen molar-refractivity contribution in [1.29, 1.82) is 0 Å². The van der Waals surface area contributed by atoms with Crippen molar-refractivity contribution in [2.75, 3.05) is 49.7 Å². The predicted molar refractivity (Wildman–Crippen MR) is 347 cm³/mol. The summed E-state index contributed by atoms with van der Waals surface area (Å²) < 4.78 is 24.7. The van der Waals surface area contributed by atoms with Gasteiger partial charge < -0.3 is 50.2 Å². The number of benzene rings is 4. The van der Waals surface area contributed by atoms with Crippen molar-refractivity contribution in [3.8, 4) is 67.5 Å². The van der Waals surface area contributed by atoms with Crippen LogP contribution >= 0.6 is 0 Å². The molecule has 2 aliphatic heterocycles. The molecule has 7 aromatic rings. The van der Waals surface area contributed by atoms with Crippen LogP contribution in [-0.2, 0) is 36.0 Å². The van der Waals surface area contributed by atoms with Gasteiger partial charge in [-0.25, -0.2) is 9.97 Å². The maximum atomic E-state index is 14.5. The van der Waals surface area contributed by atoms with E-state index in [1.165, 1.54) is 0 Å². The molecule has 4 aliphatic carbocycles. The third kappa shape index (κ3) is 11.9. The zero-order chi connectivity index (χ0) is 60.4. The zero-order valence-corrected chi connectivity index (χ0v) is 51.6. The molecule has 457 valence electrons. The molecule has 3 aromatic heterocycles. The van der Waals surface area contributed by atoms with Crippen LogP contribution < -0.4 is 50.2 Å². The Balaban J connectivity index is 0.00000769. The first-order chi connectivity index (χ1) is 43.1. The summed E-state index contributed by atoms with van der Waals surface area (Å²) in [7, 11) is 6.44. The number of amides is 4. The Labute approximate surface area is 528 Å². The SMILES string of the molecule is COc1cccc(OC)c1-c1c2nc(c(-c3c(NC(=O)C4CCCC4)cccc3NC(=O)C3CCCC3)c3ccc([n-]3)c(-c3c(OC)cccc3OC)c3nc(c(-c4c(NC(=O)C5CCCC5)cccc4NC(=O)C4CCCC4)c4ccc1[n-]4)C=C3)C=C2.[Co+2]. The molecule has 0 saturated heterocycles. The topological polar surface area (TPSA) is 207 Å². The zero-order valence-electron chi connectivity index (χ0n) is 50.6. The van der Waals surface area contributed by atoms with Crippen LogP contribution in [-0.4, -0.2) is 62.0 Å². The fourth-order valence-electron chi connectivity index (χ4n) is 14.1. The van der Waals surface area contributed by atoms with Crippen LogP contribution in [0.4, 0.5) is 22.7 Å². The average Bonchev–Trinajstić information content (AvgIpc) is 1.83. The third-order valence-electron chi connectivity index (χ3n) is 18.5. The number of aromatic nitrogens is 4. The normalized spacial score (nSPS) is 15.9. The van der Waals surface area contributed by atoms with Gasteiger partial charge in [-0.2, -0.15) is 0 Å². The summed E-state index contributed by atoms with van der Waals surface area (Å²) in [6.45, 7) is 0. The van der Waals surface area contributed by atoms with Gasteiger partial charge in [-0.05, 0) is 135 Å². The number of rotatable bonds is 16. The largest absolute Gasteiger partial charge is 2.00 e. The number of hydrogen-bond donors (Lipinski definition) is 4. The molecule has 17 heteroatoms. The first-order valence-corrected chi connectivity index (χ1v) is 31.1. The quantitative estimate of drug-likeness (QED) is 0.0713. The molecule has 4 aromatic carbocycles. The Hall–Kier alpha value is -8.93. The van der Waals surface area contributed by atoms with Crippen LogP contribution in [0.25, 0.3) is 90.9 Å². The van der Waals surface area contributed by atoms with Crippen molar-refractivity contribution >= 4 is 92.7 Å². The van der Waals surface area contributed by atoms with Crippen molar-refractivity contribution in [1.82, 2.24) is 19.9 Å². The summed E-state index contributed by atoms with van der Waals surface area (Å²) in [6.07, 6.45) is 21.7. The van der Waals surface area contributed by atoms with E-state index < -0.39 is 0 Å². The maximum absolute atomic E-state index is 14.5. The number of carbonyl (C=O) groups is 4. The van der Waals surface area contributed by atoms with Crippen LogP contribution in [0.1, 0.15) is 126 Å². The molecule has 13 rings (SSSR count). The van der Waals surface area contributed by atoms with E-state index in [-0.39, 0.29) is 64.1 Å². The molecular weight excluding hydrogens is 1160 g/mol. The molecule has 16 nitrogen and oxygen atoms in total. The van der Waals surface area contributed by atoms with Crippen molar-refractivity contribution < 1.29 is 54.9 Å². The van der Waals surface area contributed by atoms with E-state index in [0.29, 0.717) is 135 Å². The van der Waals surface area contributed by atoms with Crippen LogP contribution in [0.15, 0.2) is 97.1 Å². The third-order valence-corrected chi connectivity index (χ3v) is 18.5. The standard InChI is InChI=1S/C72H74N8O8.Co/c1-85-57-29-15-30-58(86-2)67(57)65-53-37-33-49(73-53)63(61-45(77-69(81)41-17-5-6-18-41)25-13-26-46(61)78-70(82)42-19-7-8-20-42)51-35-39-55(75-51)66(68-59(87-3)31-16-32-60(68)88-4)56-40-36-52(76-56)64(50-34-38-54(65)74-50)62-47(79-71(83)43-21-9-10-22-43)27-14-28-48(62)80-72(84)44-23-11-12-24-44;/h13-16,25-44H,5-12,17-24H2,1-4H3,(H6,73,74,75,76,77,78,79,80,81,82,83,84);/q;+2/p-2. The monoisotopic (exact) mass is 1240 g/mol. The predicted octanol–water partition coefficient (Wildman–Crippen LogP) is 15.1. The Morgan fingerprint density at radius 3 is 0.798 bits per heavy atom. The second kappa shape index (κ2) is 26.4. The molecule has 0 atom stereocenters. The second-order valence-electron chi connectivity index (χ2n) is 23.8. The van der Waals surface area contributed by atoms with E-state index in [4.69, 9.17) is 38.9 Å². The number of nitrogens with zero attached hydrogens (tertiary/aromatic N) is 4. The molecule has 6 aliphatic rings. The van der Waals surface area contributed by atoms with Crippen LogP contribution in [0.5, 0.6) is 23.0 Å². The summed E-state index contributed by atoms with van der Waals surface area (Å²) in [5.74, 6) is 0.940. The number of ether oxygens (including phenoxy) is 4. The van der Waals surface area contributed by atoms with Crippen molar-refractivity contribution in [3.05, 3.63) is 120 Å². The van der Waals surface area contributed by atoms with E-state index in [1.54, 1.807) is 28.4 Å². The number of carbonyl (C=O) groups excluding carboxylic acids is 4. The Morgan fingerprint density at radius 2 is 0.562 bits per heavy atom. The van der Waals surface area contributed by atoms with Gasteiger partial charge in [0.2, 0.25) is 23.6 Å². The fourth-order valence-corrected chi connectivity index (χ4v) is 14.1. The van der Waals surface area contributed by atoms with Gasteiger partial charge in [-0.15, -0.1) is 22.1 Å². The van der Waals surface area contributed by atoms with Gasteiger partial charge in [0.25, 0.3) is 0 Å². The van der Waals surface area contributed by atoms with Crippen molar-refractivity contribution in [2.45, 2.75) is 103 Å². The average molecular weight is 1240 g/mol. The van der Waals surface area contributed by atoms with Gasteiger partial charge in [-0.3, -0.25) is 19.2 Å². The molecule has 0 unspecified atom stereocenters. The number of nitrogens with one attached hydrogen (secondary N) is 4. The molecule has 1 radical (unpaired) electrons. The molecule has 89 heavy (non-hydrogen) atoms. The minimum absolute atomic E-state index is 0. The summed E-state index contributed by atoms with van der Waals surface area (Å²) in [5.41, 5.74) is 10.4. The van der Waals surface area contributed by atoms with Crippen molar-refractivity contribution in [3.63, 3.8) is 0 Å². The van der Waals surface area contributed by atoms with Gasteiger partial charge in [0.05, 0.1) is 85.1 Å². The first-order valence-electron chi connectivity index (χ1n) is 31.1. The van der Waals surface area contributed by atoms with Gasteiger partial charge in [0.15, 0.2) is 0 Å². The van der Waals surface area contributed by atoms with Crippen LogP contribution in [0.3, 0.4) is 0 Å². The van der Waals surface area contributed by atoms with Crippen LogP contribution in [0, 0.1) is 23.7 Å². The molecule has 5 heterocycles. The smallest absolute Gasteiger partial charge is 0.657 e. The summed E-state index contributed by atoms with van der Waals surface area (Å²) >= 11 is 0. The van der Waals surface area contributed by atoms with Gasteiger partial charge in [-0.1, -0.05) is 99.9 Å². The molecule has 4 fully saturated rings. The van der Waals surface area contributed by atoms with Gasteiger partial charge in [0.1, 0.15) is 23.0 Å².